The zero-order chi connectivity index (χ0) is 13.9. The summed E-state index contributed by atoms with van der Waals surface area (Å²) in [4.78, 5) is 5.30. The maximum absolute atomic E-state index is 3.72. The minimum absolute atomic E-state index is 0.467. The average molecular weight is 273 g/mol. The molecule has 1 aromatic rings. The molecule has 1 N–H and O–H groups in total. The van der Waals surface area contributed by atoms with Crippen molar-refractivity contribution in [1.29, 1.82) is 0 Å². The Labute approximate surface area is 123 Å². The van der Waals surface area contributed by atoms with E-state index in [-0.39, 0.29) is 0 Å². The molecule has 110 valence electrons. The van der Waals surface area contributed by atoms with E-state index in [1.807, 2.05) is 0 Å². The van der Waals surface area contributed by atoms with Crippen LogP contribution in [0.4, 0.5) is 0 Å². The van der Waals surface area contributed by atoms with Gasteiger partial charge in [-0.25, -0.2) is 0 Å². The van der Waals surface area contributed by atoms with Gasteiger partial charge in [-0.05, 0) is 24.1 Å². The van der Waals surface area contributed by atoms with Crippen LogP contribution in [0, 0.1) is 0 Å². The van der Waals surface area contributed by atoms with Crippen LogP contribution in [0.5, 0.6) is 0 Å². The molecule has 3 aliphatic heterocycles. The van der Waals surface area contributed by atoms with Gasteiger partial charge in [0.1, 0.15) is 0 Å². The van der Waals surface area contributed by atoms with E-state index in [2.05, 4.69) is 53.2 Å². The molecule has 0 radical (unpaired) electrons. The SMILES string of the molecule is CCNC(c1ccc(CC)cc1)C1CN2CCN1CC2. The van der Waals surface area contributed by atoms with Crippen LogP contribution in [0.1, 0.15) is 31.0 Å². The number of piperazine rings is 3. The topological polar surface area (TPSA) is 18.5 Å². The number of nitrogens with one attached hydrogen (secondary N) is 1. The molecule has 0 aromatic heterocycles. The summed E-state index contributed by atoms with van der Waals surface area (Å²) in [6.45, 7) is 11.7. The Kier molecular flexibility index (Phi) is 4.39. The van der Waals surface area contributed by atoms with Crippen LogP contribution >= 0.6 is 0 Å². The Morgan fingerprint density at radius 2 is 1.80 bits per heavy atom. The molecule has 20 heavy (non-hydrogen) atoms. The Morgan fingerprint density at radius 3 is 2.30 bits per heavy atom. The highest BCUT2D eigenvalue weighted by Gasteiger charge is 2.36. The van der Waals surface area contributed by atoms with E-state index in [1.165, 1.54) is 43.9 Å². The third-order valence-electron chi connectivity index (χ3n) is 4.88. The Morgan fingerprint density at radius 1 is 1.10 bits per heavy atom. The molecule has 1 aromatic carbocycles. The predicted octanol–water partition coefficient (Wildman–Crippen LogP) is 1.90. The van der Waals surface area contributed by atoms with Crippen LogP contribution in [0.25, 0.3) is 0 Å². The summed E-state index contributed by atoms with van der Waals surface area (Å²) in [7, 11) is 0. The van der Waals surface area contributed by atoms with Gasteiger partial charge in [-0.15, -0.1) is 0 Å². The fourth-order valence-electron chi connectivity index (χ4n) is 3.63. The van der Waals surface area contributed by atoms with E-state index in [1.54, 1.807) is 0 Å². The summed E-state index contributed by atoms with van der Waals surface area (Å²) < 4.78 is 0. The van der Waals surface area contributed by atoms with Crippen molar-refractivity contribution in [1.82, 2.24) is 15.1 Å². The molecule has 0 aliphatic carbocycles. The van der Waals surface area contributed by atoms with Crippen LogP contribution < -0.4 is 5.32 Å². The molecule has 2 bridgehead atoms. The standard InChI is InChI=1S/C17H27N3/c1-3-14-5-7-15(8-6-14)17(18-4-2)16-13-19-9-11-20(16)12-10-19/h5-8,16-18H,3-4,9-13H2,1-2H3. The highest BCUT2D eigenvalue weighted by Crippen LogP contribution is 2.27. The first-order valence-electron chi connectivity index (χ1n) is 8.10. The van der Waals surface area contributed by atoms with Crippen molar-refractivity contribution >= 4 is 0 Å². The second-order valence-electron chi connectivity index (χ2n) is 6.03. The molecular weight excluding hydrogens is 246 g/mol. The van der Waals surface area contributed by atoms with Gasteiger partial charge >= 0.3 is 0 Å². The quantitative estimate of drug-likeness (QED) is 0.884. The average Bonchev–Trinajstić information content (AvgIpc) is 2.54. The van der Waals surface area contributed by atoms with E-state index >= 15 is 0 Å². The molecule has 2 unspecified atom stereocenters. The summed E-state index contributed by atoms with van der Waals surface area (Å²) in [6.07, 6.45) is 1.12. The van der Waals surface area contributed by atoms with E-state index in [9.17, 15) is 0 Å². The van der Waals surface area contributed by atoms with Gasteiger partial charge in [0.2, 0.25) is 0 Å². The van der Waals surface area contributed by atoms with E-state index in [4.69, 9.17) is 0 Å². The summed E-state index contributed by atoms with van der Waals surface area (Å²) in [5.41, 5.74) is 2.88. The molecule has 3 fully saturated rings. The van der Waals surface area contributed by atoms with E-state index in [0.29, 0.717) is 12.1 Å². The first kappa shape index (κ1) is 14.1. The molecule has 3 nitrogen and oxygen atoms in total. The summed E-state index contributed by atoms with van der Waals surface area (Å²) in [5, 5.41) is 3.72. The molecule has 0 amide bonds. The van der Waals surface area contributed by atoms with Crippen molar-refractivity contribution in [2.45, 2.75) is 32.4 Å². The smallest absolute Gasteiger partial charge is 0.0490 e. The lowest BCUT2D eigenvalue weighted by atomic mass is 9.93. The number of hydrogen-bond donors (Lipinski definition) is 1. The van der Waals surface area contributed by atoms with Crippen molar-refractivity contribution in [3.8, 4) is 0 Å². The molecule has 0 saturated carbocycles. The highest BCUT2D eigenvalue weighted by atomic mass is 15.4. The Balaban J connectivity index is 1.80. The first-order valence-corrected chi connectivity index (χ1v) is 8.10. The molecule has 0 spiro atoms. The van der Waals surface area contributed by atoms with Gasteiger partial charge in [0.15, 0.2) is 0 Å². The minimum Gasteiger partial charge on any atom is -0.309 e. The maximum atomic E-state index is 3.72. The van der Waals surface area contributed by atoms with Crippen molar-refractivity contribution < 1.29 is 0 Å². The molecule has 2 atom stereocenters. The van der Waals surface area contributed by atoms with Gasteiger partial charge < -0.3 is 5.32 Å². The largest absolute Gasteiger partial charge is 0.309 e. The van der Waals surface area contributed by atoms with Crippen LogP contribution in [0.3, 0.4) is 0 Å². The lowest BCUT2D eigenvalue weighted by Crippen LogP contribution is -2.63. The van der Waals surface area contributed by atoms with Gasteiger partial charge in [-0.1, -0.05) is 38.1 Å². The number of likely N-dealkylation sites (N-methyl/N-ethyl adjacent to an activating group) is 1. The molecule has 4 rings (SSSR count). The number of hydrogen-bond acceptors (Lipinski definition) is 3. The second kappa shape index (κ2) is 6.25. The molecule has 3 aliphatic rings. The number of nitrogens with zero attached hydrogens (tertiary/aromatic N) is 2. The summed E-state index contributed by atoms with van der Waals surface area (Å²) >= 11 is 0. The Hall–Kier alpha value is -0.900. The van der Waals surface area contributed by atoms with Crippen molar-refractivity contribution in [3.05, 3.63) is 35.4 Å². The van der Waals surface area contributed by atoms with Crippen molar-refractivity contribution in [3.63, 3.8) is 0 Å². The van der Waals surface area contributed by atoms with E-state index in [0.717, 1.165) is 13.0 Å². The van der Waals surface area contributed by atoms with Crippen LogP contribution in [0.15, 0.2) is 24.3 Å². The molecular formula is C17H27N3. The van der Waals surface area contributed by atoms with Crippen LogP contribution in [-0.4, -0.2) is 55.1 Å². The minimum atomic E-state index is 0.467. The number of aryl methyl sites for hydroxylation is 1. The van der Waals surface area contributed by atoms with Gasteiger partial charge in [-0.3, -0.25) is 9.80 Å². The van der Waals surface area contributed by atoms with Gasteiger partial charge in [0, 0.05) is 44.8 Å². The zero-order valence-corrected chi connectivity index (χ0v) is 12.8. The van der Waals surface area contributed by atoms with Crippen molar-refractivity contribution in [2.24, 2.45) is 0 Å². The third-order valence-corrected chi connectivity index (χ3v) is 4.88. The van der Waals surface area contributed by atoms with Gasteiger partial charge in [0.05, 0.1) is 0 Å². The summed E-state index contributed by atoms with van der Waals surface area (Å²) in [5.74, 6) is 0. The fourth-order valence-corrected chi connectivity index (χ4v) is 3.63. The first-order chi connectivity index (χ1) is 9.81. The zero-order valence-electron chi connectivity index (χ0n) is 12.8. The maximum Gasteiger partial charge on any atom is 0.0490 e. The van der Waals surface area contributed by atoms with Crippen LogP contribution in [0.2, 0.25) is 0 Å². The monoisotopic (exact) mass is 273 g/mol. The summed E-state index contributed by atoms with van der Waals surface area (Å²) in [6, 6.07) is 10.3. The number of benzene rings is 1. The third kappa shape index (κ3) is 2.76. The fraction of sp³-hybridized carbons (Fsp3) is 0.647. The second-order valence-corrected chi connectivity index (χ2v) is 6.03. The molecule has 3 heterocycles. The predicted molar refractivity (Wildman–Crippen MR) is 84.0 cm³/mol. The molecule has 3 heteroatoms. The van der Waals surface area contributed by atoms with Gasteiger partial charge in [-0.2, -0.15) is 0 Å². The number of fused-ring (bicyclic) bond motifs is 3. The number of rotatable bonds is 5. The van der Waals surface area contributed by atoms with E-state index < -0.39 is 0 Å². The Bertz CT molecular complexity index is 420. The highest BCUT2D eigenvalue weighted by molar-refractivity contribution is 5.26. The lowest BCUT2D eigenvalue weighted by Gasteiger charge is -2.50. The normalized spacial score (nSPS) is 30.4. The van der Waals surface area contributed by atoms with Crippen LogP contribution in [-0.2, 0) is 6.42 Å². The van der Waals surface area contributed by atoms with Crippen molar-refractivity contribution in [2.75, 3.05) is 39.3 Å². The van der Waals surface area contributed by atoms with Gasteiger partial charge in [0.25, 0.3) is 0 Å². The molecule has 3 saturated heterocycles. The lowest BCUT2D eigenvalue weighted by molar-refractivity contribution is -0.00343.